The Morgan fingerprint density at radius 1 is 1.24 bits per heavy atom. The summed E-state index contributed by atoms with van der Waals surface area (Å²) < 4.78 is 5.29. The van der Waals surface area contributed by atoms with Gasteiger partial charge in [-0.2, -0.15) is 0 Å². The Hall–Kier alpha value is -2.90. The lowest BCUT2D eigenvalue weighted by atomic mass is 10.0. The highest BCUT2D eigenvalue weighted by molar-refractivity contribution is 6.06. The minimum absolute atomic E-state index is 0.190. The summed E-state index contributed by atoms with van der Waals surface area (Å²) in [5.74, 6) is -0.785. The number of carbonyl (C=O) groups is 4. The molecular formula is C21H27N3O5. The lowest BCUT2D eigenvalue weighted by molar-refractivity contribution is -0.152. The van der Waals surface area contributed by atoms with Gasteiger partial charge in [0.15, 0.2) is 0 Å². The molecule has 1 aromatic rings. The van der Waals surface area contributed by atoms with E-state index in [-0.39, 0.29) is 30.7 Å². The molecule has 0 bridgehead atoms. The number of benzene rings is 1. The number of rotatable bonds is 4. The van der Waals surface area contributed by atoms with E-state index in [4.69, 9.17) is 4.74 Å². The van der Waals surface area contributed by atoms with Gasteiger partial charge >= 0.3 is 6.09 Å². The number of amides is 4. The van der Waals surface area contributed by atoms with Crippen molar-refractivity contribution in [2.75, 3.05) is 11.9 Å². The van der Waals surface area contributed by atoms with Crippen molar-refractivity contribution in [3.63, 3.8) is 0 Å². The van der Waals surface area contributed by atoms with Gasteiger partial charge in [-0.1, -0.05) is 13.0 Å². The van der Waals surface area contributed by atoms with Crippen LogP contribution in [0.4, 0.5) is 10.5 Å². The van der Waals surface area contributed by atoms with Gasteiger partial charge in [0.05, 0.1) is 0 Å². The average Bonchev–Trinajstić information content (AvgIpc) is 2.95. The fourth-order valence-corrected chi connectivity index (χ4v) is 3.71. The molecule has 1 fully saturated rings. The molecule has 0 aromatic heterocycles. The van der Waals surface area contributed by atoms with Crippen molar-refractivity contribution in [1.82, 2.24) is 9.80 Å². The first-order chi connectivity index (χ1) is 13.6. The molecule has 8 nitrogen and oxygen atoms in total. The topological polar surface area (TPSA) is 96.0 Å². The Morgan fingerprint density at radius 2 is 1.97 bits per heavy atom. The van der Waals surface area contributed by atoms with E-state index in [1.807, 2.05) is 6.92 Å². The normalized spacial score (nSPS) is 19.4. The zero-order valence-corrected chi connectivity index (χ0v) is 17.3. The van der Waals surface area contributed by atoms with Crippen molar-refractivity contribution in [3.05, 3.63) is 29.3 Å². The number of hydrogen-bond donors (Lipinski definition) is 1. The number of nitrogens with one attached hydrogen (secondary N) is 1. The van der Waals surface area contributed by atoms with E-state index in [9.17, 15) is 19.2 Å². The van der Waals surface area contributed by atoms with Crippen LogP contribution in [0.15, 0.2) is 18.2 Å². The maximum atomic E-state index is 13.0. The Balaban J connectivity index is 1.81. The Morgan fingerprint density at radius 3 is 2.62 bits per heavy atom. The molecule has 1 unspecified atom stereocenters. The van der Waals surface area contributed by atoms with Crippen LogP contribution in [0.2, 0.25) is 0 Å². The van der Waals surface area contributed by atoms with Gasteiger partial charge in [0.2, 0.25) is 5.91 Å². The summed E-state index contributed by atoms with van der Waals surface area (Å²) in [6.45, 7) is 7.76. The van der Waals surface area contributed by atoms with E-state index in [1.54, 1.807) is 39.0 Å². The fraction of sp³-hybridized carbons (Fsp3) is 0.524. The van der Waals surface area contributed by atoms with Gasteiger partial charge in [-0.3, -0.25) is 24.6 Å². The molecule has 0 aliphatic carbocycles. The highest BCUT2D eigenvalue weighted by Crippen LogP contribution is 2.33. The number of ether oxygens (including phenoxy) is 1. The predicted octanol–water partition coefficient (Wildman–Crippen LogP) is 2.92. The van der Waals surface area contributed by atoms with Crippen molar-refractivity contribution in [2.24, 2.45) is 0 Å². The largest absolute Gasteiger partial charge is 0.444 e. The van der Waals surface area contributed by atoms with Crippen LogP contribution in [0, 0.1) is 0 Å². The van der Waals surface area contributed by atoms with Crippen molar-refractivity contribution in [3.8, 4) is 0 Å². The van der Waals surface area contributed by atoms with E-state index in [2.05, 4.69) is 5.32 Å². The lowest BCUT2D eigenvalue weighted by Crippen LogP contribution is -2.54. The molecule has 156 valence electrons. The van der Waals surface area contributed by atoms with Gasteiger partial charge in [-0.05, 0) is 45.7 Å². The smallest absolute Gasteiger partial charge is 0.412 e. The molecule has 29 heavy (non-hydrogen) atoms. The average molecular weight is 401 g/mol. The molecule has 4 amide bonds. The SMILES string of the molecule is CCCN1C(=O)CCC(N2Cc3c(NC(=O)OC(C)(C)C)cccc3C2=O)C1=O. The fourth-order valence-electron chi connectivity index (χ4n) is 3.71. The van der Waals surface area contributed by atoms with Crippen LogP contribution in [0.5, 0.6) is 0 Å². The van der Waals surface area contributed by atoms with Crippen LogP contribution in [0.25, 0.3) is 0 Å². The van der Waals surface area contributed by atoms with Crippen molar-refractivity contribution in [2.45, 2.75) is 65.1 Å². The molecular weight excluding hydrogens is 374 g/mol. The molecule has 8 heteroatoms. The van der Waals surface area contributed by atoms with E-state index in [0.717, 1.165) is 0 Å². The first-order valence-corrected chi connectivity index (χ1v) is 9.89. The van der Waals surface area contributed by atoms with Crippen LogP contribution in [0.3, 0.4) is 0 Å². The summed E-state index contributed by atoms with van der Waals surface area (Å²) in [6.07, 6.45) is 0.610. The molecule has 1 atom stereocenters. The molecule has 0 spiro atoms. The van der Waals surface area contributed by atoms with Crippen molar-refractivity contribution in [1.29, 1.82) is 0 Å². The zero-order valence-electron chi connectivity index (χ0n) is 17.3. The first kappa shape index (κ1) is 20.8. The maximum absolute atomic E-state index is 13.0. The van der Waals surface area contributed by atoms with Crippen LogP contribution < -0.4 is 5.32 Å². The summed E-state index contributed by atoms with van der Waals surface area (Å²) >= 11 is 0. The number of fused-ring (bicyclic) bond motifs is 1. The highest BCUT2D eigenvalue weighted by atomic mass is 16.6. The van der Waals surface area contributed by atoms with Gasteiger partial charge < -0.3 is 9.64 Å². The van der Waals surface area contributed by atoms with E-state index >= 15 is 0 Å². The number of nitrogens with zero attached hydrogens (tertiary/aromatic N) is 2. The minimum Gasteiger partial charge on any atom is -0.444 e. The second kappa shape index (κ2) is 7.85. The van der Waals surface area contributed by atoms with Gasteiger partial charge in [0.25, 0.3) is 11.8 Å². The third-order valence-electron chi connectivity index (χ3n) is 4.94. The van der Waals surface area contributed by atoms with E-state index in [0.29, 0.717) is 36.2 Å². The molecule has 1 N–H and O–H groups in total. The Bertz CT molecular complexity index is 858. The van der Waals surface area contributed by atoms with E-state index < -0.39 is 17.7 Å². The number of piperidine rings is 1. The number of imide groups is 1. The number of anilines is 1. The third-order valence-corrected chi connectivity index (χ3v) is 4.94. The van der Waals surface area contributed by atoms with Crippen molar-refractivity contribution < 1.29 is 23.9 Å². The molecule has 2 heterocycles. The van der Waals surface area contributed by atoms with Gasteiger partial charge in [0, 0.05) is 36.3 Å². The van der Waals surface area contributed by atoms with Crippen molar-refractivity contribution >= 4 is 29.5 Å². The third kappa shape index (κ3) is 4.26. The van der Waals surface area contributed by atoms with E-state index in [1.165, 1.54) is 9.80 Å². The second-order valence-corrected chi connectivity index (χ2v) is 8.33. The van der Waals surface area contributed by atoms with Gasteiger partial charge in [-0.15, -0.1) is 0 Å². The minimum atomic E-state index is -0.673. The number of hydrogen-bond acceptors (Lipinski definition) is 5. The molecule has 3 rings (SSSR count). The summed E-state index contributed by atoms with van der Waals surface area (Å²) in [7, 11) is 0. The quantitative estimate of drug-likeness (QED) is 0.783. The van der Waals surface area contributed by atoms with Crippen LogP contribution in [0.1, 0.15) is 62.9 Å². The van der Waals surface area contributed by atoms with Crippen LogP contribution >= 0.6 is 0 Å². The summed E-state index contributed by atoms with van der Waals surface area (Å²) in [4.78, 5) is 52.8. The molecule has 0 radical (unpaired) electrons. The lowest BCUT2D eigenvalue weighted by Gasteiger charge is -2.35. The highest BCUT2D eigenvalue weighted by Gasteiger charge is 2.43. The van der Waals surface area contributed by atoms with Crippen LogP contribution in [-0.4, -0.2) is 51.8 Å². The first-order valence-electron chi connectivity index (χ1n) is 9.89. The number of carbonyl (C=O) groups excluding carboxylic acids is 4. The standard InChI is InChI=1S/C21H27N3O5/c1-5-11-23-17(25)10-9-16(19(23)27)24-12-14-13(18(24)26)7-6-8-15(14)22-20(28)29-21(2,3)4/h6-8,16H,5,9-12H2,1-4H3,(H,22,28). The van der Waals surface area contributed by atoms with Gasteiger partial charge in [0.1, 0.15) is 11.6 Å². The molecule has 2 aliphatic heterocycles. The number of likely N-dealkylation sites (tertiary alicyclic amines) is 1. The molecule has 1 saturated heterocycles. The van der Waals surface area contributed by atoms with Crippen LogP contribution in [-0.2, 0) is 20.9 Å². The molecule has 1 aromatic carbocycles. The zero-order chi connectivity index (χ0) is 21.3. The summed E-state index contributed by atoms with van der Waals surface area (Å²) in [5, 5.41) is 2.70. The second-order valence-electron chi connectivity index (χ2n) is 8.33. The van der Waals surface area contributed by atoms with Gasteiger partial charge in [-0.25, -0.2) is 4.79 Å². The monoisotopic (exact) mass is 401 g/mol. The summed E-state index contributed by atoms with van der Waals surface area (Å²) in [5.41, 5.74) is 0.936. The predicted molar refractivity (Wildman–Crippen MR) is 106 cm³/mol. The summed E-state index contributed by atoms with van der Waals surface area (Å²) in [6, 6.07) is 4.39. The molecule has 0 saturated carbocycles. The maximum Gasteiger partial charge on any atom is 0.412 e. The molecule has 2 aliphatic rings. The Kier molecular flexibility index (Phi) is 5.64. The Labute approximate surface area is 170 Å².